The molecule has 0 radical (unpaired) electrons. The van der Waals surface area contributed by atoms with Crippen LogP contribution in [0.25, 0.3) is 0 Å². The number of hydrogen-bond acceptors (Lipinski definition) is 4. The van der Waals surface area contributed by atoms with E-state index in [0.717, 1.165) is 12.8 Å². The van der Waals surface area contributed by atoms with Gasteiger partial charge in [-0.05, 0) is 24.8 Å². The van der Waals surface area contributed by atoms with Crippen LogP contribution in [0.2, 0.25) is 0 Å². The van der Waals surface area contributed by atoms with Gasteiger partial charge in [-0.15, -0.1) is 0 Å². The molecule has 1 rings (SSSR count). The molecule has 0 aromatic heterocycles. The minimum atomic E-state index is -0.469. The van der Waals surface area contributed by atoms with Gasteiger partial charge in [0.15, 0.2) is 0 Å². The number of carbonyl (C=O) groups is 1. The Morgan fingerprint density at radius 1 is 1.33 bits per heavy atom. The van der Waals surface area contributed by atoms with E-state index < -0.39 is 4.92 Å². The third kappa shape index (κ3) is 5.06. The number of nitro groups is 1. The van der Waals surface area contributed by atoms with Gasteiger partial charge >= 0.3 is 0 Å². The number of carbonyl (C=O) groups excluding carboxylic acids is 1. The van der Waals surface area contributed by atoms with Gasteiger partial charge in [-0.3, -0.25) is 14.9 Å². The van der Waals surface area contributed by atoms with Crippen molar-refractivity contribution in [3.8, 4) is 0 Å². The number of nitrogens with one attached hydrogen (secondary N) is 2. The normalized spacial score (nSPS) is 10.5. The van der Waals surface area contributed by atoms with E-state index in [4.69, 9.17) is 0 Å². The number of nitrogens with zero attached hydrogens (tertiary/aromatic N) is 1. The van der Waals surface area contributed by atoms with E-state index in [9.17, 15) is 14.9 Å². The maximum absolute atomic E-state index is 12.2. The fourth-order valence-electron chi connectivity index (χ4n) is 1.89. The number of amides is 1. The number of nitro benzene ring substituents is 1. The Labute approximate surface area is 125 Å². The number of anilines is 1. The van der Waals surface area contributed by atoms with Crippen molar-refractivity contribution >= 4 is 17.3 Å². The van der Waals surface area contributed by atoms with E-state index in [1.54, 1.807) is 6.07 Å². The maximum Gasteiger partial charge on any atom is 0.293 e. The summed E-state index contributed by atoms with van der Waals surface area (Å²) < 4.78 is 0. The number of hydrogen-bond donors (Lipinski definition) is 2. The molecule has 0 atom stereocenters. The van der Waals surface area contributed by atoms with Crippen LogP contribution >= 0.6 is 0 Å². The summed E-state index contributed by atoms with van der Waals surface area (Å²) in [5.41, 5.74) is 0.549. The second kappa shape index (κ2) is 8.24. The van der Waals surface area contributed by atoms with Crippen LogP contribution in [0.4, 0.5) is 11.4 Å². The van der Waals surface area contributed by atoms with Crippen LogP contribution in [0.5, 0.6) is 0 Å². The zero-order valence-electron chi connectivity index (χ0n) is 12.8. The predicted octanol–water partition coefficient (Wildman–Crippen LogP) is 3.19. The summed E-state index contributed by atoms with van der Waals surface area (Å²) in [6, 6.07) is 4.55. The molecular weight excluding hydrogens is 270 g/mol. The Bertz CT molecular complexity index is 501. The maximum atomic E-state index is 12.2. The zero-order valence-corrected chi connectivity index (χ0v) is 12.8. The van der Waals surface area contributed by atoms with Crippen molar-refractivity contribution < 1.29 is 9.72 Å². The molecule has 0 aliphatic carbocycles. The van der Waals surface area contributed by atoms with Crippen LogP contribution in [-0.2, 0) is 0 Å². The van der Waals surface area contributed by atoms with Gasteiger partial charge in [-0.2, -0.15) is 0 Å². The molecule has 0 saturated carbocycles. The molecule has 0 aliphatic rings. The van der Waals surface area contributed by atoms with E-state index in [1.807, 2.05) is 6.92 Å². The molecule has 0 saturated heterocycles. The first-order valence-electron chi connectivity index (χ1n) is 7.26. The largest absolute Gasteiger partial charge is 0.379 e. The first-order chi connectivity index (χ1) is 9.97. The Balaban J connectivity index is 2.95. The van der Waals surface area contributed by atoms with Crippen molar-refractivity contribution in [3.63, 3.8) is 0 Å². The van der Waals surface area contributed by atoms with Crippen molar-refractivity contribution in [2.24, 2.45) is 5.92 Å². The molecule has 0 aliphatic heterocycles. The molecule has 0 unspecified atom stereocenters. The van der Waals surface area contributed by atoms with Gasteiger partial charge < -0.3 is 10.6 Å². The molecule has 6 heteroatoms. The topological polar surface area (TPSA) is 84.3 Å². The number of benzene rings is 1. The molecular formula is C15H23N3O3. The molecule has 6 nitrogen and oxygen atoms in total. The number of rotatable bonds is 8. The van der Waals surface area contributed by atoms with E-state index in [0.29, 0.717) is 30.3 Å². The lowest BCUT2D eigenvalue weighted by molar-refractivity contribution is -0.384. The first kappa shape index (κ1) is 16.9. The summed E-state index contributed by atoms with van der Waals surface area (Å²) in [6.07, 6.45) is 1.69. The SMILES string of the molecule is CCCNc1c(C(=O)NCCC(C)C)cccc1[N+](=O)[O-]. The highest BCUT2D eigenvalue weighted by molar-refractivity contribution is 6.01. The Morgan fingerprint density at radius 3 is 2.62 bits per heavy atom. The minimum absolute atomic E-state index is 0.0695. The summed E-state index contributed by atoms with van der Waals surface area (Å²) >= 11 is 0. The van der Waals surface area contributed by atoms with Crippen molar-refractivity contribution in [1.29, 1.82) is 0 Å². The lowest BCUT2D eigenvalue weighted by Gasteiger charge is -2.12. The Morgan fingerprint density at radius 2 is 2.05 bits per heavy atom. The molecule has 2 N–H and O–H groups in total. The fourth-order valence-corrected chi connectivity index (χ4v) is 1.89. The summed E-state index contributed by atoms with van der Waals surface area (Å²) in [5, 5.41) is 16.9. The van der Waals surface area contributed by atoms with Crippen LogP contribution in [0.1, 0.15) is 44.0 Å². The van der Waals surface area contributed by atoms with Gasteiger partial charge in [0.1, 0.15) is 5.69 Å². The molecule has 0 bridgehead atoms. The second-order valence-electron chi connectivity index (χ2n) is 5.32. The van der Waals surface area contributed by atoms with Gasteiger partial charge in [0.05, 0.1) is 10.5 Å². The molecule has 0 spiro atoms. The molecule has 1 aromatic carbocycles. The zero-order chi connectivity index (χ0) is 15.8. The average Bonchev–Trinajstić information content (AvgIpc) is 2.43. The summed E-state index contributed by atoms with van der Waals surface area (Å²) in [5.74, 6) is 0.214. The van der Waals surface area contributed by atoms with Crippen molar-refractivity contribution in [2.45, 2.75) is 33.6 Å². The quantitative estimate of drug-likeness (QED) is 0.569. The van der Waals surface area contributed by atoms with Gasteiger partial charge in [0.25, 0.3) is 11.6 Å². The summed E-state index contributed by atoms with van der Waals surface area (Å²) in [7, 11) is 0. The second-order valence-corrected chi connectivity index (χ2v) is 5.32. The van der Waals surface area contributed by atoms with E-state index >= 15 is 0 Å². The Kier molecular flexibility index (Phi) is 6.65. The standard InChI is InChI=1S/C15H23N3O3/c1-4-9-16-14-12(6-5-7-13(14)18(20)21)15(19)17-10-8-11(2)3/h5-7,11,16H,4,8-10H2,1-3H3,(H,17,19). The molecule has 21 heavy (non-hydrogen) atoms. The van der Waals surface area contributed by atoms with E-state index in [-0.39, 0.29) is 11.6 Å². The van der Waals surface area contributed by atoms with Gasteiger partial charge in [-0.25, -0.2) is 0 Å². The van der Waals surface area contributed by atoms with Crippen LogP contribution in [-0.4, -0.2) is 23.9 Å². The number of para-hydroxylation sites is 1. The monoisotopic (exact) mass is 293 g/mol. The van der Waals surface area contributed by atoms with E-state index in [1.165, 1.54) is 12.1 Å². The highest BCUT2D eigenvalue weighted by Gasteiger charge is 2.20. The molecule has 1 amide bonds. The van der Waals surface area contributed by atoms with E-state index in [2.05, 4.69) is 24.5 Å². The van der Waals surface area contributed by atoms with Gasteiger partial charge in [0, 0.05) is 19.2 Å². The van der Waals surface area contributed by atoms with Crippen LogP contribution in [0.15, 0.2) is 18.2 Å². The minimum Gasteiger partial charge on any atom is -0.379 e. The van der Waals surface area contributed by atoms with Gasteiger partial charge in [-0.1, -0.05) is 26.8 Å². The van der Waals surface area contributed by atoms with Crippen LogP contribution < -0.4 is 10.6 Å². The predicted molar refractivity (Wildman–Crippen MR) is 83.7 cm³/mol. The molecule has 1 aromatic rings. The molecule has 0 heterocycles. The first-order valence-corrected chi connectivity index (χ1v) is 7.26. The lowest BCUT2D eigenvalue weighted by atomic mass is 10.1. The van der Waals surface area contributed by atoms with Crippen molar-refractivity contribution in [1.82, 2.24) is 5.32 Å². The summed E-state index contributed by atoms with van der Waals surface area (Å²) in [4.78, 5) is 22.8. The molecule has 0 fully saturated rings. The van der Waals surface area contributed by atoms with Crippen LogP contribution in [0.3, 0.4) is 0 Å². The van der Waals surface area contributed by atoms with Crippen LogP contribution in [0, 0.1) is 16.0 Å². The van der Waals surface area contributed by atoms with Gasteiger partial charge in [0.2, 0.25) is 0 Å². The highest BCUT2D eigenvalue weighted by Crippen LogP contribution is 2.28. The average molecular weight is 293 g/mol. The third-order valence-electron chi connectivity index (χ3n) is 3.04. The highest BCUT2D eigenvalue weighted by atomic mass is 16.6. The fraction of sp³-hybridized carbons (Fsp3) is 0.533. The molecule has 116 valence electrons. The van der Waals surface area contributed by atoms with Crippen molar-refractivity contribution in [2.75, 3.05) is 18.4 Å². The summed E-state index contributed by atoms with van der Waals surface area (Å²) in [6.45, 7) is 7.26. The van der Waals surface area contributed by atoms with Crippen molar-refractivity contribution in [3.05, 3.63) is 33.9 Å². The smallest absolute Gasteiger partial charge is 0.293 e. The lowest BCUT2D eigenvalue weighted by Crippen LogP contribution is -2.26. The third-order valence-corrected chi connectivity index (χ3v) is 3.04. The Hall–Kier alpha value is -2.11.